The molecular weight excluding hydrogens is 256 g/mol. The van der Waals surface area contributed by atoms with Crippen molar-refractivity contribution in [2.45, 2.75) is 45.8 Å². The number of hydrogen-bond acceptors (Lipinski definition) is 4. The average molecular weight is 278 g/mol. The molecule has 0 aromatic carbocycles. The second-order valence-corrected chi connectivity index (χ2v) is 6.15. The van der Waals surface area contributed by atoms with E-state index in [0.29, 0.717) is 13.1 Å². The summed E-state index contributed by atoms with van der Waals surface area (Å²) in [7, 11) is 0. The van der Waals surface area contributed by atoms with Crippen molar-refractivity contribution < 1.29 is 14.3 Å². The SMILES string of the molecule is Cc1cncc(O[C@@H]2CCN(C(=O)OC(C)(C)C)C2)c1. The fourth-order valence-corrected chi connectivity index (χ4v) is 2.10. The van der Waals surface area contributed by atoms with Gasteiger partial charge in [-0.2, -0.15) is 0 Å². The largest absolute Gasteiger partial charge is 0.487 e. The van der Waals surface area contributed by atoms with Crippen molar-refractivity contribution in [2.75, 3.05) is 13.1 Å². The van der Waals surface area contributed by atoms with Crippen molar-refractivity contribution in [3.8, 4) is 5.75 Å². The van der Waals surface area contributed by atoms with Gasteiger partial charge in [-0.15, -0.1) is 0 Å². The van der Waals surface area contributed by atoms with Crippen molar-refractivity contribution in [1.82, 2.24) is 9.88 Å². The number of carbonyl (C=O) groups excluding carboxylic acids is 1. The lowest BCUT2D eigenvalue weighted by Gasteiger charge is -2.24. The van der Waals surface area contributed by atoms with E-state index >= 15 is 0 Å². The number of rotatable bonds is 2. The molecule has 0 aliphatic carbocycles. The Morgan fingerprint density at radius 3 is 2.80 bits per heavy atom. The molecule has 110 valence electrons. The van der Waals surface area contributed by atoms with Gasteiger partial charge in [0.15, 0.2) is 0 Å². The Balaban J connectivity index is 1.88. The van der Waals surface area contributed by atoms with E-state index in [2.05, 4.69) is 4.98 Å². The maximum absolute atomic E-state index is 11.9. The van der Waals surface area contributed by atoms with Crippen LogP contribution in [0.4, 0.5) is 4.79 Å². The number of carbonyl (C=O) groups is 1. The van der Waals surface area contributed by atoms with Gasteiger partial charge in [0, 0.05) is 19.2 Å². The Morgan fingerprint density at radius 2 is 2.15 bits per heavy atom. The third-order valence-corrected chi connectivity index (χ3v) is 2.95. The van der Waals surface area contributed by atoms with E-state index in [1.807, 2.05) is 33.8 Å². The first-order chi connectivity index (χ1) is 9.33. The second kappa shape index (κ2) is 5.69. The number of ether oxygens (including phenoxy) is 2. The van der Waals surface area contributed by atoms with Gasteiger partial charge in [-0.1, -0.05) is 0 Å². The second-order valence-electron chi connectivity index (χ2n) is 6.15. The van der Waals surface area contributed by atoms with E-state index in [9.17, 15) is 4.79 Å². The first-order valence-electron chi connectivity index (χ1n) is 6.90. The summed E-state index contributed by atoms with van der Waals surface area (Å²) < 4.78 is 11.2. The molecule has 5 nitrogen and oxygen atoms in total. The van der Waals surface area contributed by atoms with Gasteiger partial charge in [-0.25, -0.2) is 4.79 Å². The third-order valence-electron chi connectivity index (χ3n) is 2.95. The molecule has 0 bridgehead atoms. The van der Waals surface area contributed by atoms with Crippen LogP contribution in [0, 0.1) is 6.92 Å². The van der Waals surface area contributed by atoms with Crippen molar-refractivity contribution in [2.24, 2.45) is 0 Å². The summed E-state index contributed by atoms with van der Waals surface area (Å²) in [5.41, 5.74) is 0.598. The highest BCUT2D eigenvalue weighted by Gasteiger charge is 2.30. The van der Waals surface area contributed by atoms with Crippen LogP contribution in [-0.4, -0.2) is 40.8 Å². The topological polar surface area (TPSA) is 51.7 Å². The van der Waals surface area contributed by atoms with Gasteiger partial charge >= 0.3 is 6.09 Å². The highest BCUT2D eigenvalue weighted by atomic mass is 16.6. The summed E-state index contributed by atoms with van der Waals surface area (Å²) in [5, 5.41) is 0. The molecule has 1 aliphatic rings. The maximum Gasteiger partial charge on any atom is 0.410 e. The average Bonchev–Trinajstić information content (AvgIpc) is 2.75. The molecule has 1 fully saturated rings. The zero-order valence-electron chi connectivity index (χ0n) is 12.5. The Kier molecular flexibility index (Phi) is 4.16. The molecule has 0 spiro atoms. The fourth-order valence-electron chi connectivity index (χ4n) is 2.10. The van der Waals surface area contributed by atoms with Gasteiger partial charge in [0.25, 0.3) is 0 Å². The van der Waals surface area contributed by atoms with E-state index in [0.717, 1.165) is 17.7 Å². The number of pyridine rings is 1. The Bertz CT molecular complexity index is 482. The summed E-state index contributed by atoms with van der Waals surface area (Å²) in [6, 6.07) is 1.95. The van der Waals surface area contributed by atoms with E-state index in [-0.39, 0.29) is 12.2 Å². The lowest BCUT2D eigenvalue weighted by atomic mass is 10.2. The number of hydrogen-bond donors (Lipinski definition) is 0. The van der Waals surface area contributed by atoms with Crippen LogP contribution in [0.3, 0.4) is 0 Å². The Labute approximate surface area is 119 Å². The minimum Gasteiger partial charge on any atom is -0.487 e. The monoisotopic (exact) mass is 278 g/mol. The van der Waals surface area contributed by atoms with Crippen LogP contribution in [0.2, 0.25) is 0 Å². The molecule has 0 radical (unpaired) electrons. The minimum atomic E-state index is -0.462. The number of aryl methyl sites for hydroxylation is 1. The molecule has 1 aliphatic heterocycles. The molecule has 1 aromatic rings. The van der Waals surface area contributed by atoms with Crippen molar-refractivity contribution in [1.29, 1.82) is 0 Å². The predicted octanol–water partition coefficient (Wildman–Crippen LogP) is 2.78. The molecule has 5 heteroatoms. The summed E-state index contributed by atoms with van der Waals surface area (Å²) in [6.07, 6.45) is 4.03. The molecule has 2 heterocycles. The highest BCUT2D eigenvalue weighted by molar-refractivity contribution is 5.68. The third kappa shape index (κ3) is 4.11. The van der Waals surface area contributed by atoms with Crippen LogP contribution in [-0.2, 0) is 4.74 Å². The molecule has 0 unspecified atom stereocenters. The standard InChI is InChI=1S/C15H22N2O3/c1-11-7-13(9-16-8-11)19-12-5-6-17(10-12)14(18)20-15(2,3)4/h7-9,12H,5-6,10H2,1-4H3/t12-/m1/s1. The van der Waals surface area contributed by atoms with Crippen LogP contribution in [0.5, 0.6) is 5.75 Å². The molecule has 2 rings (SSSR count). The Morgan fingerprint density at radius 1 is 1.40 bits per heavy atom. The molecule has 0 saturated carbocycles. The first-order valence-corrected chi connectivity index (χ1v) is 6.90. The molecule has 1 atom stereocenters. The zero-order valence-corrected chi connectivity index (χ0v) is 12.5. The van der Waals surface area contributed by atoms with Crippen molar-refractivity contribution >= 4 is 6.09 Å². The lowest BCUT2D eigenvalue weighted by molar-refractivity contribution is 0.0275. The van der Waals surface area contributed by atoms with E-state index in [4.69, 9.17) is 9.47 Å². The zero-order chi connectivity index (χ0) is 14.8. The lowest BCUT2D eigenvalue weighted by Crippen LogP contribution is -2.36. The fraction of sp³-hybridized carbons (Fsp3) is 0.600. The van der Waals surface area contributed by atoms with E-state index in [1.54, 1.807) is 17.3 Å². The molecule has 1 saturated heterocycles. The van der Waals surface area contributed by atoms with Gasteiger partial charge in [0.2, 0.25) is 0 Å². The highest BCUT2D eigenvalue weighted by Crippen LogP contribution is 2.20. The molecular formula is C15H22N2O3. The van der Waals surface area contributed by atoms with Crippen molar-refractivity contribution in [3.63, 3.8) is 0 Å². The molecule has 20 heavy (non-hydrogen) atoms. The van der Waals surface area contributed by atoms with Gasteiger partial charge in [0.1, 0.15) is 17.5 Å². The Hall–Kier alpha value is -1.78. The predicted molar refractivity (Wildman–Crippen MR) is 75.8 cm³/mol. The summed E-state index contributed by atoms with van der Waals surface area (Å²) in [4.78, 5) is 17.7. The summed E-state index contributed by atoms with van der Waals surface area (Å²) in [5.74, 6) is 0.751. The van der Waals surface area contributed by atoms with Crippen LogP contribution >= 0.6 is 0 Å². The minimum absolute atomic E-state index is 0.00567. The van der Waals surface area contributed by atoms with Crippen molar-refractivity contribution in [3.05, 3.63) is 24.0 Å². The number of aromatic nitrogens is 1. The van der Waals surface area contributed by atoms with Crippen LogP contribution in [0.25, 0.3) is 0 Å². The van der Waals surface area contributed by atoms with Crippen LogP contribution in [0.1, 0.15) is 32.8 Å². The number of amides is 1. The van der Waals surface area contributed by atoms with E-state index < -0.39 is 5.60 Å². The van der Waals surface area contributed by atoms with Gasteiger partial charge in [-0.3, -0.25) is 4.98 Å². The smallest absolute Gasteiger partial charge is 0.410 e. The summed E-state index contributed by atoms with van der Waals surface area (Å²) >= 11 is 0. The summed E-state index contributed by atoms with van der Waals surface area (Å²) in [6.45, 7) is 8.80. The van der Waals surface area contributed by atoms with Crippen LogP contribution in [0.15, 0.2) is 18.5 Å². The van der Waals surface area contributed by atoms with Gasteiger partial charge < -0.3 is 14.4 Å². The quantitative estimate of drug-likeness (QED) is 0.834. The van der Waals surface area contributed by atoms with Gasteiger partial charge in [-0.05, 0) is 39.3 Å². The molecule has 1 aromatic heterocycles. The normalized spacial score (nSPS) is 19.0. The maximum atomic E-state index is 11.9. The van der Waals surface area contributed by atoms with E-state index in [1.165, 1.54) is 0 Å². The van der Waals surface area contributed by atoms with Gasteiger partial charge in [0.05, 0.1) is 12.7 Å². The number of nitrogens with zero attached hydrogens (tertiary/aromatic N) is 2. The van der Waals surface area contributed by atoms with Crippen LogP contribution < -0.4 is 4.74 Å². The first kappa shape index (κ1) is 14.6. The molecule has 0 N–H and O–H groups in total. The molecule has 1 amide bonds. The number of likely N-dealkylation sites (tertiary alicyclic amines) is 1.